The number of carbonyl (C=O) groups is 2. The van der Waals surface area contributed by atoms with Crippen molar-refractivity contribution in [1.29, 1.82) is 0 Å². The van der Waals surface area contributed by atoms with Crippen LogP contribution in [0.1, 0.15) is 33.3 Å². The summed E-state index contributed by atoms with van der Waals surface area (Å²) in [5, 5.41) is 0. The van der Waals surface area contributed by atoms with E-state index in [0.29, 0.717) is 19.6 Å². The zero-order valence-electron chi connectivity index (χ0n) is 16.2. The molecule has 1 aromatic carbocycles. The summed E-state index contributed by atoms with van der Waals surface area (Å²) in [7, 11) is 0. The van der Waals surface area contributed by atoms with E-state index in [1.54, 1.807) is 18.7 Å². The van der Waals surface area contributed by atoms with Crippen molar-refractivity contribution >= 4 is 17.5 Å². The van der Waals surface area contributed by atoms with Crippen LogP contribution in [0.4, 0.5) is 5.69 Å². The summed E-state index contributed by atoms with van der Waals surface area (Å²) in [6, 6.07) is 7.86. The third-order valence-corrected chi connectivity index (χ3v) is 5.05. The largest absolute Gasteiger partial charge is 0.339 e. The molecule has 2 rings (SSSR count). The lowest BCUT2D eigenvalue weighted by Crippen LogP contribution is -2.56. The van der Waals surface area contributed by atoms with Gasteiger partial charge in [-0.25, -0.2) is 0 Å². The minimum Gasteiger partial charge on any atom is -0.339 e. The number of nitrogens with zero attached hydrogens (tertiary/aromatic N) is 3. The van der Waals surface area contributed by atoms with Crippen molar-refractivity contribution in [3.05, 3.63) is 29.8 Å². The molecule has 1 fully saturated rings. The first-order valence-corrected chi connectivity index (χ1v) is 9.21. The number of amides is 2. The molecule has 138 valence electrons. The van der Waals surface area contributed by atoms with Gasteiger partial charge in [0.2, 0.25) is 11.8 Å². The fourth-order valence-corrected chi connectivity index (χ4v) is 3.33. The molecule has 5 heteroatoms. The Morgan fingerprint density at radius 2 is 1.76 bits per heavy atom. The highest BCUT2D eigenvalue weighted by Gasteiger charge is 2.42. The van der Waals surface area contributed by atoms with E-state index in [0.717, 1.165) is 30.9 Å². The molecule has 2 amide bonds. The van der Waals surface area contributed by atoms with Gasteiger partial charge in [-0.1, -0.05) is 19.1 Å². The summed E-state index contributed by atoms with van der Waals surface area (Å²) in [5.41, 5.74) is 0.890. The lowest BCUT2D eigenvalue weighted by molar-refractivity contribution is -0.148. The minimum absolute atomic E-state index is 0.0700. The summed E-state index contributed by atoms with van der Waals surface area (Å²) < 4.78 is 0. The Labute approximate surface area is 151 Å². The highest BCUT2D eigenvalue weighted by atomic mass is 16.2. The third-order valence-electron chi connectivity index (χ3n) is 5.05. The Hall–Kier alpha value is -1.88. The molecule has 1 aliphatic rings. The quantitative estimate of drug-likeness (QED) is 0.770. The molecule has 0 spiro atoms. The topological polar surface area (TPSA) is 43.9 Å². The fourth-order valence-electron chi connectivity index (χ4n) is 3.33. The summed E-state index contributed by atoms with van der Waals surface area (Å²) >= 11 is 0. The van der Waals surface area contributed by atoms with Crippen LogP contribution in [0, 0.1) is 12.3 Å². The predicted octanol–water partition coefficient (Wildman–Crippen LogP) is 2.54. The van der Waals surface area contributed by atoms with Gasteiger partial charge in [0.1, 0.15) is 5.41 Å². The van der Waals surface area contributed by atoms with Crippen LogP contribution >= 0.6 is 0 Å². The molecular weight excluding hydrogens is 314 g/mol. The molecule has 0 radical (unpaired) electrons. The lowest BCUT2D eigenvalue weighted by atomic mass is 9.88. The molecule has 25 heavy (non-hydrogen) atoms. The maximum Gasteiger partial charge on any atom is 0.242 e. The van der Waals surface area contributed by atoms with E-state index >= 15 is 0 Å². The van der Waals surface area contributed by atoms with Crippen molar-refractivity contribution in [2.24, 2.45) is 5.41 Å². The molecule has 0 aromatic heterocycles. The van der Waals surface area contributed by atoms with Gasteiger partial charge < -0.3 is 14.7 Å². The molecule has 5 nitrogen and oxygen atoms in total. The van der Waals surface area contributed by atoms with E-state index in [2.05, 4.69) is 11.8 Å². The average Bonchev–Trinajstić information content (AvgIpc) is 2.61. The van der Waals surface area contributed by atoms with Crippen molar-refractivity contribution in [1.82, 2.24) is 9.80 Å². The van der Waals surface area contributed by atoms with E-state index in [1.807, 2.05) is 43.0 Å². The van der Waals surface area contributed by atoms with Crippen LogP contribution in [0.3, 0.4) is 0 Å². The van der Waals surface area contributed by atoms with Crippen molar-refractivity contribution < 1.29 is 9.59 Å². The van der Waals surface area contributed by atoms with E-state index in [4.69, 9.17) is 0 Å². The third kappa shape index (κ3) is 4.21. The molecule has 0 saturated carbocycles. The van der Waals surface area contributed by atoms with Gasteiger partial charge in [-0.3, -0.25) is 9.59 Å². The molecule has 0 aliphatic carbocycles. The minimum atomic E-state index is -1.06. The van der Waals surface area contributed by atoms with Crippen molar-refractivity contribution in [3.8, 4) is 0 Å². The molecule has 1 saturated heterocycles. The van der Waals surface area contributed by atoms with E-state index in [1.165, 1.54) is 0 Å². The molecule has 0 N–H and O–H groups in total. The number of anilines is 1. The highest BCUT2D eigenvalue weighted by Crippen LogP contribution is 2.27. The van der Waals surface area contributed by atoms with Gasteiger partial charge >= 0.3 is 0 Å². The van der Waals surface area contributed by atoms with Crippen molar-refractivity contribution in [2.75, 3.05) is 44.2 Å². The van der Waals surface area contributed by atoms with Crippen LogP contribution in [0.25, 0.3) is 0 Å². The van der Waals surface area contributed by atoms with Crippen LogP contribution in [0.15, 0.2) is 24.3 Å². The van der Waals surface area contributed by atoms with E-state index in [9.17, 15) is 9.59 Å². The van der Waals surface area contributed by atoms with Gasteiger partial charge in [-0.2, -0.15) is 0 Å². The second-order valence-corrected chi connectivity index (χ2v) is 7.24. The van der Waals surface area contributed by atoms with E-state index < -0.39 is 5.41 Å². The van der Waals surface area contributed by atoms with Gasteiger partial charge in [0.05, 0.1) is 0 Å². The Balaban J connectivity index is 2.16. The number of carbonyl (C=O) groups excluding carboxylic acids is 2. The fraction of sp³-hybridized carbons (Fsp3) is 0.600. The molecule has 1 heterocycles. The van der Waals surface area contributed by atoms with Gasteiger partial charge in [0.15, 0.2) is 0 Å². The normalized spacial score (nSPS) is 16.0. The van der Waals surface area contributed by atoms with Gasteiger partial charge in [-0.05, 0) is 51.9 Å². The van der Waals surface area contributed by atoms with Crippen LogP contribution in [0.2, 0.25) is 0 Å². The first-order valence-electron chi connectivity index (χ1n) is 9.21. The van der Waals surface area contributed by atoms with Crippen LogP contribution in [-0.2, 0) is 9.59 Å². The Morgan fingerprint density at radius 1 is 1.12 bits per heavy atom. The summed E-state index contributed by atoms with van der Waals surface area (Å²) in [6.07, 6.45) is 0. The number of aryl methyl sites for hydroxylation is 1. The van der Waals surface area contributed by atoms with Crippen molar-refractivity contribution in [2.45, 2.75) is 34.6 Å². The summed E-state index contributed by atoms with van der Waals surface area (Å²) in [4.78, 5) is 32.1. The Kier molecular flexibility index (Phi) is 6.22. The molecular formula is C20H31N3O2. The number of piperazine rings is 1. The van der Waals surface area contributed by atoms with Crippen LogP contribution in [0.5, 0.6) is 0 Å². The SMILES string of the molecule is CCN1CCN(C(=O)C(C)(C)C(=O)N(CC)c2cccc(C)c2)CC1. The smallest absolute Gasteiger partial charge is 0.242 e. The van der Waals surface area contributed by atoms with Crippen LogP contribution < -0.4 is 4.90 Å². The lowest BCUT2D eigenvalue weighted by Gasteiger charge is -2.39. The Morgan fingerprint density at radius 3 is 2.28 bits per heavy atom. The molecule has 0 bridgehead atoms. The second kappa shape index (κ2) is 8.00. The van der Waals surface area contributed by atoms with Gasteiger partial charge in [0, 0.05) is 38.4 Å². The number of hydrogen-bond donors (Lipinski definition) is 0. The Bertz CT molecular complexity index is 619. The van der Waals surface area contributed by atoms with Crippen molar-refractivity contribution in [3.63, 3.8) is 0 Å². The first kappa shape index (κ1) is 19.4. The standard InChI is InChI=1S/C20H31N3O2/c1-6-21-11-13-22(14-12-21)18(24)20(4,5)19(25)23(7-2)17-10-8-9-16(3)15-17/h8-10,15H,6-7,11-14H2,1-5H3. The predicted molar refractivity (Wildman–Crippen MR) is 102 cm³/mol. The molecule has 0 atom stereocenters. The average molecular weight is 345 g/mol. The maximum atomic E-state index is 13.2. The number of benzene rings is 1. The summed E-state index contributed by atoms with van der Waals surface area (Å²) in [5.74, 6) is -0.206. The summed E-state index contributed by atoms with van der Waals surface area (Å²) in [6.45, 7) is 14.3. The van der Waals surface area contributed by atoms with Crippen LogP contribution in [-0.4, -0.2) is 60.9 Å². The van der Waals surface area contributed by atoms with Gasteiger partial charge in [-0.15, -0.1) is 0 Å². The number of rotatable bonds is 5. The van der Waals surface area contributed by atoms with E-state index in [-0.39, 0.29) is 11.8 Å². The monoisotopic (exact) mass is 345 g/mol. The zero-order chi connectivity index (χ0) is 18.6. The zero-order valence-corrected chi connectivity index (χ0v) is 16.2. The molecule has 1 aliphatic heterocycles. The van der Waals surface area contributed by atoms with Gasteiger partial charge in [0.25, 0.3) is 0 Å². The first-order chi connectivity index (χ1) is 11.8. The molecule has 1 aromatic rings. The highest BCUT2D eigenvalue weighted by molar-refractivity contribution is 6.11. The number of likely N-dealkylation sites (N-methyl/N-ethyl adjacent to an activating group) is 1. The maximum absolute atomic E-state index is 13.2. The second-order valence-electron chi connectivity index (χ2n) is 7.24. The molecule has 0 unspecified atom stereocenters. The number of hydrogen-bond acceptors (Lipinski definition) is 3.